The van der Waals surface area contributed by atoms with E-state index in [2.05, 4.69) is 15.5 Å². The van der Waals surface area contributed by atoms with Gasteiger partial charge in [0.15, 0.2) is 5.82 Å². The third kappa shape index (κ3) is 2.48. The number of aromatic hydroxyl groups is 1. The number of phenols is 1. The van der Waals surface area contributed by atoms with E-state index >= 15 is 0 Å². The van der Waals surface area contributed by atoms with E-state index in [1.165, 1.54) is 6.07 Å². The summed E-state index contributed by atoms with van der Waals surface area (Å²) in [4.78, 5) is 11.8. The van der Waals surface area contributed by atoms with Gasteiger partial charge in [-0.25, -0.2) is 4.39 Å². The first-order chi connectivity index (χ1) is 8.60. The summed E-state index contributed by atoms with van der Waals surface area (Å²) in [6, 6.07) is 4.90. The van der Waals surface area contributed by atoms with Crippen LogP contribution in [0.2, 0.25) is 0 Å². The molecule has 0 saturated heterocycles. The third-order valence-electron chi connectivity index (χ3n) is 2.46. The van der Waals surface area contributed by atoms with E-state index in [1.807, 2.05) is 6.92 Å². The standard InChI is InChI=1S/C12H12FN3O2/c1-2-8-6-11(16-15-8)14-12(18)9-4-3-7(13)5-10(9)17/h3-6,17H,2H2,1H3,(H2,14,15,16,18). The summed E-state index contributed by atoms with van der Waals surface area (Å²) < 4.78 is 12.8. The predicted molar refractivity (Wildman–Crippen MR) is 64.0 cm³/mol. The second-order valence-electron chi connectivity index (χ2n) is 3.75. The number of phenolic OH excluding ortho intramolecular Hbond substituents is 1. The molecule has 0 aliphatic heterocycles. The van der Waals surface area contributed by atoms with Gasteiger partial charge in [-0.1, -0.05) is 6.92 Å². The van der Waals surface area contributed by atoms with Gasteiger partial charge in [0.05, 0.1) is 5.56 Å². The van der Waals surface area contributed by atoms with Crippen LogP contribution in [0.5, 0.6) is 5.75 Å². The highest BCUT2D eigenvalue weighted by Gasteiger charge is 2.13. The number of carbonyl (C=O) groups is 1. The van der Waals surface area contributed by atoms with Crippen LogP contribution < -0.4 is 5.32 Å². The molecule has 2 aromatic rings. The number of halogens is 1. The first kappa shape index (κ1) is 12.1. The number of amides is 1. The minimum absolute atomic E-state index is 0.00236. The molecule has 0 unspecified atom stereocenters. The predicted octanol–water partition coefficient (Wildman–Crippen LogP) is 2.07. The van der Waals surface area contributed by atoms with Gasteiger partial charge in [0.25, 0.3) is 5.91 Å². The smallest absolute Gasteiger partial charge is 0.260 e. The average Bonchev–Trinajstić information content (AvgIpc) is 2.76. The number of aryl methyl sites for hydroxylation is 1. The van der Waals surface area contributed by atoms with Crippen molar-refractivity contribution in [1.82, 2.24) is 10.2 Å². The maximum absolute atomic E-state index is 12.8. The lowest BCUT2D eigenvalue weighted by molar-refractivity contribution is 0.102. The number of anilines is 1. The second kappa shape index (κ2) is 4.87. The zero-order chi connectivity index (χ0) is 13.1. The van der Waals surface area contributed by atoms with E-state index in [1.54, 1.807) is 6.07 Å². The summed E-state index contributed by atoms with van der Waals surface area (Å²) >= 11 is 0. The molecule has 0 aliphatic carbocycles. The topological polar surface area (TPSA) is 78.0 Å². The van der Waals surface area contributed by atoms with Crippen molar-refractivity contribution in [3.8, 4) is 5.75 Å². The number of nitrogens with one attached hydrogen (secondary N) is 2. The molecule has 18 heavy (non-hydrogen) atoms. The van der Waals surface area contributed by atoms with Gasteiger partial charge in [-0.3, -0.25) is 9.89 Å². The zero-order valence-corrected chi connectivity index (χ0v) is 9.70. The van der Waals surface area contributed by atoms with Crippen molar-refractivity contribution >= 4 is 11.7 Å². The molecule has 1 aromatic carbocycles. The van der Waals surface area contributed by atoms with Crippen LogP contribution in [-0.4, -0.2) is 21.2 Å². The van der Waals surface area contributed by atoms with Crippen molar-refractivity contribution in [1.29, 1.82) is 0 Å². The second-order valence-corrected chi connectivity index (χ2v) is 3.75. The maximum atomic E-state index is 12.8. The van der Waals surface area contributed by atoms with Crippen molar-refractivity contribution in [2.45, 2.75) is 13.3 Å². The number of benzene rings is 1. The molecule has 0 atom stereocenters. The van der Waals surface area contributed by atoms with Crippen LogP contribution in [0.25, 0.3) is 0 Å². The molecule has 1 aromatic heterocycles. The fourth-order valence-electron chi connectivity index (χ4n) is 1.49. The summed E-state index contributed by atoms with van der Waals surface area (Å²) in [7, 11) is 0. The number of hydrogen-bond donors (Lipinski definition) is 3. The SMILES string of the molecule is CCc1cc(NC(=O)c2ccc(F)cc2O)n[nH]1. The lowest BCUT2D eigenvalue weighted by Gasteiger charge is -2.04. The molecule has 3 N–H and O–H groups in total. The van der Waals surface area contributed by atoms with Crippen LogP contribution in [0.3, 0.4) is 0 Å². The van der Waals surface area contributed by atoms with Crippen molar-refractivity contribution in [3.05, 3.63) is 41.3 Å². The maximum Gasteiger partial charge on any atom is 0.260 e. The molecule has 2 rings (SSSR count). The first-order valence-corrected chi connectivity index (χ1v) is 5.44. The molecule has 0 radical (unpaired) electrons. The highest BCUT2D eigenvalue weighted by atomic mass is 19.1. The quantitative estimate of drug-likeness (QED) is 0.779. The van der Waals surface area contributed by atoms with Crippen molar-refractivity contribution < 1.29 is 14.3 Å². The largest absolute Gasteiger partial charge is 0.507 e. The summed E-state index contributed by atoms with van der Waals surface area (Å²) in [5, 5.41) is 18.6. The molecule has 1 heterocycles. The number of hydrogen-bond acceptors (Lipinski definition) is 3. The van der Waals surface area contributed by atoms with Crippen molar-refractivity contribution in [2.24, 2.45) is 0 Å². The minimum Gasteiger partial charge on any atom is -0.507 e. The molecule has 5 nitrogen and oxygen atoms in total. The molecule has 1 amide bonds. The number of aromatic amines is 1. The Balaban J connectivity index is 2.16. The Morgan fingerprint density at radius 3 is 2.89 bits per heavy atom. The van der Waals surface area contributed by atoms with E-state index < -0.39 is 17.5 Å². The van der Waals surface area contributed by atoms with E-state index in [9.17, 15) is 14.3 Å². The summed E-state index contributed by atoms with van der Waals surface area (Å²) in [5.41, 5.74) is 0.881. The van der Waals surface area contributed by atoms with E-state index in [-0.39, 0.29) is 5.56 Å². The van der Waals surface area contributed by atoms with Crippen LogP contribution in [0.1, 0.15) is 23.0 Å². The Bertz CT molecular complexity index is 580. The van der Waals surface area contributed by atoms with Gasteiger partial charge in [-0.05, 0) is 18.6 Å². The van der Waals surface area contributed by atoms with Gasteiger partial charge in [0.2, 0.25) is 0 Å². The van der Waals surface area contributed by atoms with E-state index in [0.717, 1.165) is 24.2 Å². The lowest BCUT2D eigenvalue weighted by atomic mass is 10.2. The van der Waals surface area contributed by atoms with Gasteiger partial charge in [-0.15, -0.1) is 0 Å². The molecular weight excluding hydrogens is 237 g/mol. The van der Waals surface area contributed by atoms with Gasteiger partial charge in [0.1, 0.15) is 11.6 Å². The molecular formula is C12H12FN3O2. The zero-order valence-electron chi connectivity index (χ0n) is 9.70. The summed E-state index contributed by atoms with van der Waals surface area (Å²) in [6.07, 6.45) is 0.769. The normalized spacial score (nSPS) is 10.3. The molecule has 94 valence electrons. The average molecular weight is 249 g/mol. The Morgan fingerprint density at radius 2 is 2.28 bits per heavy atom. The molecule has 0 bridgehead atoms. The Morgan fingerprint density at radius 1 is 1.50 bits per heavy atom. The Kier molecular flexibility index (Phi) is 3.27. The van der Waals surface area contributed by atoms with Crippen LogP contribution in [0.4, 0.5) is 10.2 Å². The third-order valence-corrected chi connectivity index (χ3v) is 2.46. The van der Waals surface area contributed by atoms with Crippen LogP contribution >= 0.6 is 0 Å². The Hall–Kier alpha value is -2.37. The molecule has 0 spiro atoms. The van der Waals surface area contributed by atoms with Crippen molar-refractivity contribution in [2.75, 3.05) is 5.32 Å². The molecule has 6 heteroatoms. The highest BCUT2D eigenvalue weighted by Crippen LogP contribution is 2.19. The van der Waals surface area contributed by atoms with E-state index in [0.29, 0.717) is 5.82 Å². The minimum atomic E-state index is -0.600. The monoisotopic (exact) mass is 249 g/mol. The van der Waals surface area contributed by atoms with E-state index in [4.69, 9.17) is 0 Å². The number of carbonyl (C=O) groups excluding carboxylic acids is 1. The molecule has 0 fully saturated rings. The Labute approximate surface area is 103 Å². The first-order valence-electron chi connectivity index (χ1n) is 5.44. The number of aromatic nitrogens is 2. The molecule has 0 saturated carbocycles. The van der Waals surface area contributed by atoms with Gasteiger partial charge in [0, 0.05) is 17.8 Å². The number of rotatable bonds is 3. The fourth-order valence-corrected chi connectivity index (χ4v) is 1.49. The number of H-pyrrole nitrogens is 1. The van der Waals surface area contributed by atoms with Gasteiger partial charge in [-0.2, -0.15) is 5.10 Å². The summed E-state index contributed by atoms with van der Waals surface area (Å²) in [6.45, 7) is 1.95. The van der Waals surface area contributed by atoms with Gasteiger partial charge >= 0.3 is 0 Å². The van der Waals surface area contributed by atoms with Crippen molar-refractivity contribution in [3.63, 3.8) is 0 Å². The van der Waals surface area contributed by atoms with Crippen LogP contribution in [0.15, 0.2) is 24.3 Å². The van der Waals surface area contributed by atoms with Crippen LogP contribution in [0, 0.1) is 5.82 Å². The fraction of sp³-hybridized carbons (Fsp3) is 0.167. The highest BCUT2D eigenvalue weighted by molar-refractivity contribution is 6.05. The van der Waals surface area contributed by atoms with Gasteiger partial charge < -0.3 is 10.4 Å². The lowest BCUT2D eigenvalue weighted by Crippen LogP contribution is -2.12. The number of nitrogens with zero attached hydrogens (tertiary/aromatic N) is 1. The molecule has 0 aliphatic rings. The van der Waals surface area contributed by atoms with Crippen LogP contribution in [-0.2, 0) is 6.42 Å². The summed E-state index contributed by atoms with van der Waals surface area (Å²) in [5.74, 6) is -1.18.